The highest BCUT2D eigenvalue weighted by atomic mass is 19.4. The second-order valence-electron chi connectivity index (χ2n) is 9.73. The van der Waals surface area contributed by atoms with E-state index < -0.39 is 24.5 Å². The molecule has 204 valence electrons. The van der Waals surface area contributed by atoms with E-state index in [0.717, 1.165) is 24.0 Å². The van der Waals surface area contributed by atoms with E-state index in [2.05, 4.69) is 20.6 Å². The second kappa shape index (κ2) is 10.6. The molecule has 0 saturated heterocycles. The van der Waals surface area contributed by atoms with Crippen LogP contribution in [0.25, 0.3) is 28.2 Å². The minimum Gasteiger partial charge on any atom is -0.396 e. The van der Waals surface area contributed by atoms with E-state index in [1.54, 1.807) is 35.0 Å². The number of nitrogens with one attached hydrogen (secondary N) is 2. The van der Waals surface area contributed by atoms with Crippen LogP contribution in [0.3, 0.4) is 0 Å². The van der Waals surface area contributed by atoms with Gasteiger partial charge in [-0.3, -0.25) is 9.20 Å². The number of hydrogen-bond donors (Lipinski definition) is 3. The summed E-state index contributed by atoms with van der Waals surface area (Å²) in [5.74, 6) is -2.15. The van der Waals surface area contributed by atoms with E-state index in [4.69, 9.17) is 5.11 Å². The number of aromatic nitrogens is 3. The van der Waals surface area contributed by atoms with Crippen LogP contribution in [0.2, 0.25) is 0 Å². The zero-order valence-electron chi connectivity index (χ0n) is 21.1. The Bertz CT molecular complexity index is 1500. The van der Waals surface area contributed by atoms with Gasteiger partial charge in [-0.25, -0.2) is 14.4 Å². The number of carbonyl (C=O) groups is 1. The van der Waals surface area contributed by atoms with Crippen molar-refractivity contribution >= 4 is 17.4 Å². The van der Waals surface area contributed by atoms with Crippen molar-refractivity contribution in [3.63, 3.8) is 0 Å². The van der Waals surface area contributed by atoms with Gasteiger partial charge in [0.15, 0.2) is 11.5 Å². The molecule has 11 heteroatoms. The number of alkyl halides is 3. The Labute approximate surface area is 221 Å². The summed E-state index contributed by atoms with van der Waals surface area (Å²) >= 11 is 0. The third-order valence-electron chi connectivity index (χ3n) is 6.78. The maximum absolute atomic E-state index is 13.6. The summed E-state index contributed by atoms with van der Waals surface area (Å²) in [4.78, 5) is 21.6. The quantitative estimate of drug-likeness (QED) is 0.248. The van der Waals surface area contributed by atoms with E-state index in [1.165, 1.54) is 12.1 Å². The number of halogens is 4. The summed E-state index contributed by atoms with van der Waals surface area (Å²) in [6.45, 7) is 0.739. The Kier molecular flexibility index (Phi) is 7.26. The summed E-state index contributed by atoms with van der Waals surface area (Å²) in [7, 11) is 0. The fourth-order valence-corrected chi connectivity index (χ4v) is 4.37. The first-order valence-corrected chi connectivity index (χ1v) is 12.6. The van der Waals surface area contributed by atoms with Crippen molar-refractivity contribution in [3.05, 3.63) is 71.8 Å². The van der Waals surface area contributed by atoms with Crippen molar-refractivity contribution in [2.45, 2.75) is 38.4 Å². The van der Waals surface area contributed by atoms with Crippen molar-refractivity contribution < 1.29 is 27.5 Å². The number of nitrogens with zero attached hydrogens (tertiary/aromatic N) is 3. The SMILES string of the molecule is Cc1cc(-c2cnc3c(NCCC(CO)C(F)(F)F)nc(-c4ccc(F)cc4)cn23)ccc1C(=O)NC1CC1. The van der Waals surface area contributed by atoms with Gasteiger partial charge in [0, 0.05) is 35.5 Å². The molecule has 0 aliphatic heterocycles. The molecule has 0 bridgehead atoms. The lowest BCUT2D eigenvalue weighted by Gasteiger charge is -2.18. The highest BCUT2D eigenvalue weighted by molar-refractivity contribution is 5.96. The van der Waals surface area contributed by atoms with Gasteiger partial charge >= 0.3 is 6.18 Å². The maximum Gasteiger partial charge on any atom is 0.394 e. The van der Waals surface area contributed by atoms with Gasteiger partial charge < -0.3 is 15.7 Å². The van der Waals surface area contributed by atoms with Crippen LogP contribution in [-0.2, 0) is 0 Å². The molecular weight excluding hydrogens is 514 g/mol. The van der Waals surface area contributed by atoms with Crippen molar-refractivity contribution in [2.75, 3.05) is 18.5 Å². The summed E-state index contributed by atoms with van der Waals surface area (Å²) in [5.41, 5.74) is 4.27. The first-order valence-electron chi connectivity index (χ1n) is 12.6. The lowest BCUT2D eigenvalue weighted by molar-refractivity contribution is -0.184. The van der Waals surface area contributed by atoms with Crippen molar-refractivity contribution in [3.8, 4) is 22.5 Å². The zero-order valence-corrected chi connectivity index (χ0v) is 21.1. The summed E-state index contributed by atoms with van der Waals surface area (Å²) in [6, 6.07) is 11.4. The van der Waals surface area contributed by atoms with Gasteiger partial charge in [0.05, 0.1) is 30.1 Å². The first kappa shape index (κ1) is 26.6. The summed E-state index contributed by atoms with van der Waals surface area (Å²) in [5, 5.41) is 15.1. The molecule has 3 N–H and O–H groups in total. The third kappa shape index (κ3) is 5.88. The Morgan fingerprint density at radius 3 is 2.51 bits per heavy atom. The van der Waals surface area contributed by atoms with Crippen LogP contribution in [0.5, 0.6) is 0 Å². The van der Waals surface area contributed by atoms with Crippen LogP contribution in [0.15, 0.2) is 54.9 Å². The van der Waals surface area contributed by atoms with Crippen LogP contribution in [0, 0.1) is 18.7 Å². The lowest BCUT2D eigenvalue weighted by Crippen LogP contribution is -2.28. The number of amides is 1. The summed E-state index contributed by atoms with van der Waals surface area (Å²) < 4.78 is 54.6. The molecule has 0 spiro atoms. The van der Waals surface area contributed by atoms with Gasteiger partial charge in [-0.05, 0) is 68.1 Å². The van der Waals surface area contributed by atoms with Crippen LogP contribution in [0.1, 0.15) is 35.2 Å². The van der Waals surface area contributed by atoms with E-state index in [-0.39, 0.29) is 30.7 Å². The van der Waals surface area contributed by atoms with Gasteiger partial charge in [0.25, 0.3) is 5.91 Å². The van der Waals surface area contributed by atoms with Gasteiger partial charge in [0.1, 0.15) is 5.82 Å². The molecule has 1 amide bonds. The Balaban J connectivity index is 1.51. The topological polar surface area (TPSA) is 91.6 Å². The predicted octanol–water partition coefficient (Wildman–Crippen LogP) is 5.38. The first-order chi connectivity index (χ1) is 18.6. The number of hydrogen-bond acceptors (Lipinski definition) is 5. The molecule has 1 unspecified atom stereocenters. The Morgan fingerprint density at radius 2 is 1.87 bits per heavy atom. The van der Waals surface area contributed by atoms with Crippen molar-refractivity contribution in [1.29, 1.82) is 0 Å². The Hall–Kier alpha value is -3.99. The molecule has 2 heterocycles. The van der Waals surface area contributed by atoms with Gasteiger partial charge in [-0.15, -0.1) is 0 Å². The monoisotopic (exact) mass is 541 g/mol. The minimum absolute atomic E-state index is 0.105. The smallest absolute Gasteiger partial charge is 0.394 e. The number of aliphatic hydroxyl groups excluding tert-OH is 1. The van der Waals surface area contributed by atoms with E-state index in [9.17, 15) is 22.4 Å². The molecule has 1 aliphatic rings. The molecule has 1 fully saturated rings. The minimum atomic E-state index is -4.52. The highest BCUT2D eigenvalue weighted by Gasteiger charge is 2.38. The summed E-state index contributed by atoms with van der Waals surface area (Å²) in [6.07, 6.45) is 0.457. The van der Waals surface area contributed by atoms with Crippen molar-refractivity contribution in [1.82, 2.24) is 19.7 Å². The maximum atomic E-state index is 13.6. The van der Waals surface area contributed by atoms with Gasteiger partial charge in [0.2, 0.25) is 0 Å². The molecule has 1 aliphatic carbocycles. The molecule has 2 aromatic carbocycles. The van der Waals surface area contributed by atoms with Gasteiger partial charge in [-0.2, -0.15) is 13.2 Å². The zero-order chi connectivity index (χ0) is 27.7. The standard InChI is InChI=1S/C28H27F4N5O2/c1-16-12-18(4-9-22(16)27(39)35-21-7-8-21)24-13-34-26-25(33-11-10-19(15-38)28(30,31)32)36-23(14-37(24)26)17-2-5-20(29)6-3-17/h2-6,9,12-14,19,21,38H,7-8,10-11,15H2,1H3,(H,33,36)(H,35,39). The van der Waals surface area contributed by atoms with Crippen LogP contribution in [0.4, 0.5) is 23.4 Å². The molecular formula is C28H27F4N5O2. The normalized spacial score (nSPS) is 14.4. The Morgan fingerprint density at radius 1 is 1.15 bits per heavy atom. The number of aryl methyl sites for hydroxylation is 1. The fourth-order valence-electron chi connectivity index (χ4n) is 4.37. The number of carbonyl (C=O) groups excluding carboxylic acids is 1. The molecule has 2 aromatic heterocycles. The van der Waals surface area contributed by atoms with Crippen LogP contribution < -0.4 is 10.6 Å². The average Bonchev–Trinajstić information content (AvgIpc) is 3.60. The molecule has 39 heavy (non-hydrogen) atoms. The fraction of sp³-hybridized carbons (Fsp3) is 0.321. The van der Waals surface area contributed by atoms with Crippen molar-refractivity contribution in [2.24, 2.45) is 5.92 Å². The average molecular weight is 542 g/mol. The molecule has 4 aromatic rings. The van der Waals surface area contributed by atoms with E-state index in [1.807, 2.05) is 19.1 Å². The molecule has 5 rings (SSSR count). The van der Waals surface area contributed by atoms with E-state index >= 15 is 0 Å². The number of fused-ring (bicyclic) bond motifs is 1. The number of imidazole rings is 1. The highest BCUT2D eigenvalue weighted by Crippen LogP contribution is 2.31. The molecule has 1 atom stereocenters. The van der Waals surface area contributed by atoms with Gasteiger partial charge in [-0.1, -0.05) is 6.07 Å². The largest absolute Gasteiger partial charge is 0.396 e. The molecule has 1 saturated carbocycles. The van der Waals surface area contributed by atoms with E-state index in [0.29, 0.717) is 28.2 Å². The van der Waals surface area contributed by atoms with Crippen LogP contribution >= 0.6 is 0 Å². The number of anilines is 1. The number of aliphatic hydroxyl groups is 1. The molecule has 7 nitrogen and oxygen atoms in total. The number of benzene rings is 2. The predicted molar refractivity (Wildman–Crippen MR) is 139 cm³/mol. The second-order valence-corrected chi connectivity index (χ2v) is 9.73. The van der Waals surface area contributed by atoms with Crippen LogP contribution in [-0.4, -0.2) is 50.8 Å². The number of rotatable bonds is 9. The molecule has 0 radical (unpaired) electrons. The third-order valence-corrected chi connectivity index (χ3v) is 6.78. The lowest BCUT2D eigenvalue weighted by atomic mass is 10.0.